The number of hydrogen-bond acceptors (Lipinski definition) is 5. The molecule has 31 heavy (non-hydrogen) atoms. The number of fused-ring (bicyclic) bond motifs is 1. The number of carbonyl (C=O) groups is 2. The monoisotopic (exact) mass is 421 g/mol. The smallest absolute Gasteiger partial charge is 0.250 e. The van der Waals surface area contributed by atoms with Gasteiger partial charge in [0.05, 0.1) is 36.2 Å². The molecule has 1 saturated carbocycles. The highest BCUT2D eigenvalue weighted by Gasteiger charge is 2.40. The van der Waals surface area contributed by atoms with Gasteiger partial charge in [0.1, 0.15) is 18.5 Å². The molecule has 1 aliphatic carbocycles. The molecule has 2 aliphatic rings. The Bertz CT molecular complexity index is 955. The molecule has 2 aromatic rings. The van der Waals surface area contributed by atoms with Gasteiger partial charge in [-0.2, -0.15) is 0 Å². The zero-order valence-corrected chi connectivity index (χ0v) is 17.6. The standard InChI is InChI=1S/C25H27NO5/c1-2-29-22-11-7-6-10-21(22)26-24(27)16-30-18-12-13-19-23(14-18)31-15-20(25(19)28)17-8-4-3-5-9-17/h3-11,15,18-19,23H,2,12-14,16H2,1H3,(H,26,27). The molecule has 2 aromatic carbocycles. The maximum atomic E-state index is 13.0. The fraction of sp³-hybridized carbons (Fsp3) is 0.360. The molecule has 3 unspecified atom stereocenters. The van der Waals surface area contributed by atoms with Crippen molar-refractivity contribution in [3.05, 3.63) is 66.4 Å². The van der Waals surface area contributed by atoms with Gasteiger partial charge in [-0.05, 0) is 37.5 Å². The van der Waals surface area contributed by atoms with Gasteiger partial charge in [-0.25, -0.2) is 0 Å². The van der Waals surface area contributed by atoms with Gasteiger partial charge in [-0.3, -0.25) is 9.59 Å². The normalized spacial score (nSPS) is 22.7. The SMILES string of the molecule is CCOc1ccccc1NC(=O)COC1CCC2C(=O)C(c3ccccc3)=COC2C1. The van der Waals surface area contributed by atoms with E-state index in [4.69, 9.17) is 14.2 Å². The van der Waals surface area contributed by atoms with E-state index in [2.05, 4.69) is 5.32 Å². The number of nitrogens with one attached hydrogen (secondary N) is 1. The van der Waals surface area contributed by atoms with Gasteiger partial charge < -0.3 is 19.5 Å². The lowest BCUT2D eigenvalue weighted by atomic mass is 9.78. The molecular formula is C25H27NO5. The van der Waals surface area contributed by atoms with Crippen molar-refractivity contribution in [3.8, 4) is 5.75 Å². The van der Waals surface area contributed by atoms with Gasteiger partial charge in [-0.15, -0.1) is 0 Å². The average molecular weight is 421 g/mol. The van der Waals surface area contributed by atoms with E-state index in [1.54, 1.807) is 12.3 Å². The fourth-order valence-electron chi connectivity index (χ4n) is 4.17. The molecule has 3 atom stereocenters. The molecule has 0 bridgehead atoms. The Labute approximate surface area is 182 Å². The third-order valence-electron chi connectivity index (χ3n) is 5.70. The van der Waals surface area contributed by atoms with Crippen molar-refractivity contribution in [3.63, 3.8) is 0 Å². The van der Waals surface area contributed by atoms with Crippen LogP contribution in [0.15, 0.2) is 60.9 Å². The summed E-state index contributed by atoms with van der Waals surface area (Å²) < 4.78 is 17.3. The van der Waals surface area contributed by atoms with Crippen molar-refractivity contribution in [2.75, 3.05) is 18.5 Å². The number of para-hydroxylation sites is 2. The zero-order valence-electron chi connectivity index (χ0n) is 17.6. The molecule has 6 nitrogen and oxygen atoms in total. The Morgan fingerprint density at radius 2 is 1.87 bits per heavy atom. The van der Waals surface area contributed by atoms with Gasteiger partial charge in [0, 0.05) is 6.42 Å². The van der Waals surface area contributed by atoms with Crippen LogP contribution < -0.4 is 10.1 Å². The lowest BCUT2D eigenvalue weighted by molar-refractivity contribution is -0.132. The first kappa shape index (κ1) is 21.1. The molecule has 0 saturated heterocycles. The molecule has 1 aliphatic heterocycles. The number of ether oxygens (including phenoxy) is 3. The maximum Gasteiger partial charge on any atom is 0.250 e. The van der Waals surface area contributed by atoms with Crippen LogP contribution in [0, 0.1) is 5.92 Å². The van der Waals surface area contributed by atoms with E-state index in [9.17, 15) is 9.59 Å². The van der Waals surface area contributed by atoms with E-state index in [0.29, 0.717) is 36.5 Å². The number of hydrogen-bond donors (Lipinski definition) is 1. The predicted octanol–water partition coefficient (Wildman–Crippen LogP) is 4.22. The highest BCUT2D eigenvalue weighted by molar-refractivity contribution is 6.22. The van der Waals surface area contributed by atoms with Crippen molar-refractivity contribution < 1.29 is 23.8 Å². The third kappa shape index (κ3) is 4.97. The lowest BCUT2D eigenvalue weighted by Crippen LogP contribution is -2.42. The number of amides is 1. The van der Waals surface area contributed by atoms with Crippen molar-refractivity contribution in [2.45, 2.75) is 38.4 Å². The van der Waals surface area contributed by atoms with Crippen molar-refractivity contribution >= 4 is 23.0 Å². The summed E-state index contributed by atoms with van der Waals surface area (Å²) in [7, 11) is 0. The Kier molecular flexibility index (Phi) is 6.67. The van der Waals surface area contributed by atoms with Crippen LogP contribution in [0.5, 0.6) is 5.75 Å². The van der Waals surface area contributed by atoms with E-state index in [0.717, 1.165) is 12.0 Å². The van der Waals surface area contributed by atoms with Crippen LogP contribution in [0.3, 0.4) is 0 Å². The number of Topliss-reactive ketones (excluding diaryl/α,β-unsaturated/α-hetero) is 1. The van der Waals surface area contributed by atoms with Gasteiger partial charge >= 0.3 is 0 Å². The molecule has 6 heteroatoms. The second-order valence-corrected chi connectivity index (χ2v) is 7.77. The van der Waals surface area contributed by atoms with Crippen molar-refractivity contribution in [2.24, 2.45) is 5.92 Å². The molecule has 0 radical (unpaired) electrons. The van der Waals surface area contributed by atoms with Gasteiger partial charge in [-0.1, -0.05) is 42.5 Å². The molecule has 1 N–H and O–H groups in total. The van der Waals surface area contributed by atoms with Gasteiger partial charge in [0.25, 0.3) is 0 Å². The molecular weight excluding hydrogens is 394 g/mol. The summed E-state index contributed by atoms with van der Waals surface area (Å²) in [6, 6.07) is 16.9. The molecule has 1 heterocycles. The molecule has 162 valence electrons. The van der Waals surface area contributed by atoms with Crippen LogP contribution in [0.4, 0.5) is 5.69 Å². The lowest BCUT2D eigenvalue weighted by Gasteiger charge is -2.37. The van der Waals surface area contributed by atoms with Gasteiger partial charge in [0.15, 0.2) is 5.78 Å². The summed E-state index contributed by atoms with van der Waals surface area (Å²) in [5.74, 6) is 0.369. The minimum atomic E-state index is -0.235. The van der Waals surface area contributed by atoms with Crippen molar-refractivity contribution in [1.82, 2.24) is 0 Å². The Hall–Kier alpha value is -3.12. The summed E-state index contributed by atoms with van der Waals surface area (Å²) in [6.07, 6.45) is 3.26. The summed E-state index contributed by atoms with van der Waals surface area (Å²) >= 11 is 0. The van der Waals surface area contributed by atoms with E-state index in [1.165, 1.54) is 0 Å². The first-order chi connectivity index (χ1) is 15.2. The number of allylic oxidation sites excluding steroid dienone is 1. The van der Waals surface area contributed by atoms with E-state index >= 15 is 0 Å². The molecule has 4 rings (SSSR count). The Morgan fingerprint density at radius 1 is 1.10 bits per heavy atom. The maximum absolute atomic E-state index is 13.0. The highest BCUT2D eigenvalue weighted by atomic mass is 16.5. The Balaban J connectivity index is 1.30. The van der Waals surface area contributed by atoms with Gasteiger partial charge in [0.2, 0.25) is 5.91 Å². The van der Waals surface area contributed by atoms with E-state index < -0.39 is 0 Å². The predicted molar refractivity (Wildman–Crippen MR) is 118 cm³/mol. The number of rotatable bonds is 7. The second-order valence-electron chi connectivity index (χ2n) is 7.77. The van der Waals surface area contributed by atoms with Crippen LogP contribution in [0.1, 0.15) is 31.7 Å². The number of carbonyl (C=O) groups excluding carboxylic acids is 2. The van der Waals surface area contributed by atoms with Crippen LogP contribution in [-0.4, -0.2) is 37.1 Å². The van der Waals surface area contributed by atoms with E-state index in [1.807, 2.05) is 55.5 Å². The first-order valence-electron chi connectivity index (χ1n) is 10.7. The largest absolute Gasteiger partial charge is 0.496 e. The molecule has 0 aromatic heterocycles. The fourth-order valence-corrected chi connectivity index (χ4v) is 4.17. The number of ketones is 1. The average Bonchev–Trinajstić information content (AvgIpc) is 2.80. The van der Waals surface area contributed by atoms with E-state index in [-0.39, 0.29) is 36.4 Å². The summed E-state index contributed by atoms with van der Waals surface area (Å²) in [5, 5.41) is 2.84. The van der Waals surface area contributed by atoms with Crippen molar-refractivity contribution in [1.29, 1.82) is 0 Å². The minimum Gasteiger partial charge on any atom is -0.496 e. The quantitative estimate of drug-likeness (QED) is 0.725. The highest BCUT2D eigenvalue weighted by Crippen LogP contribution is 2.37. The summed E-state index contributed by atoms with van der Waals surface area (Å²) in [5.41, 5.74) is 2.14. The van der Waals surface area contributed by atoms with Crippen LogP contribution >= 0.6 is 0 Å². The van der Waals surface area contributed by atoms with Crippen LogP contribution in [-0.2, 0) is 19.1 Å². The first-order valence-corrected chi connectivity index (χ1v) is 10.7. The number of anilines is 1. The summed E-state index contributed by atoms with van der Waals surface area (Å²) in [4.78, 5) is 25.3. The molecule has 1 amide bonds. The van der Waals surface area contributed by atoms with Crippen LogP contribution in [0.2, 0.25) is 0 Å². The minimum absolute atomic E-state index is 0.0540. The van der Waals surface area contributed by atoms with Crippen LogP contribution in [0.25, 0.3) is 5.57 Å². The molecule has 1 fully saturated rings. The molecule has 0 spiro atoms. The third-order valence-corrected chi connectivity index (χ3v) is 5.70. The summed E-state index contributed by atoms with van der Waals surface area (Å²) in [6.45, 7) is 2.36. The number of benzene rings is 2. The topological polar surface area (TPSA) is 73.9 Å². The second kappa shape index (κ2) is 9.79. The zero-order chi connectivity index (χ0) is 21.6. The Morgan fingerprint density at radius 3 is 2.68 bits per heavy atom.